The van der Waals surface area contributed by atoms with Crippen LogP contribution in [0.25, 0.3) is 0 Å². The first-order chi connectivity index (χ1) is 10.6. The number of rotatable bonds is 3. The molecule has 2 aliphatic rings. The molecule has 118 valence electrons. The zero-order chi connectivity index (χ0) is 15.7. The summed E-state index contributed by atoms with van der Waals surface area (Å²) in [6.45, 7) is 2.90. The van der Waals surface area contributed by atoms with Gasteiger partial charge >= 0.3 is 0 Å². The van der Waals surface area contributed by atoms with Gasteiger partial charge in [-0.15, -0.1) is 0 Å². The Morgan fingerprint density at radius 1 is 1.36 bits per heavy atom. The molecule has 3 rings (SSSR count). The average Bonchev–Trinajstić information content (AvgIpc) is 3.12. The minimum Gasteiger partial charge on any atom is -0.349 e. The van der Waals surface area contributed by atoms with Crippen molar-refractivity contribution in [3.8, 4) is 0 Å². The summed E-state index contributed by atoms with van der Waals surface area (Å²) in [6.07, 6.45) is 4.05. The molecule has 1 aromatic rings. The molecule has 1 aromatic carbocycles. The molecule has 1 aliphatic carbocycles. The van der Waals surface area contributed by atoms with Gasteiger partial charge in [0.05, 0.1) is 0 Å². The summed E-state index contributed by atoms with van der Waals surface area (Å²) < 4.78 is 0. The molecule has 2 unspecified atom stereocenters. The molecule has 0 spiro atoms. The predicted octanol–water partition coefficient (Wildman–Crippen LogP) is 1.45. The number of anilines is 1. The molecule has 2 amide bonds. The molecule has 5 heteroatoms. The summed E-state index contributed by atoms with van der Waals surface area (Å²) >= 11 is 0. The maximum atomic E-state index is 12.4. The van der Waals surface area contributed by atoms with Gasteiger partial charge in [-0.3, -0.25) is 9.59 Å². The SMILES string of the molecule is CC(=O)N1CCc2cc(C(=O)NC3CCCC3CN)ccc21. The Bertz CT molecular complexity index is 600. The number of carbonyl (C=O) groups is 2. The van der Waals surface area contributed by atoms with Crippen LogP contribution in [0, 0.1) is 5.92 Å². The molecule has 0 aromatic heterocycles. The Balaban J connectivity index is 1.73. The Morgan fingerprint density at radius 2 is 2.18 bits per heavy atom. The highest BCUT2D eigenvalue weighted by Gasteiger charge is 2.28. The fraction of sp³-hybridized carbons (Fsp3) is 0.529. The third-order valence-electron chi connectivity index (χ3n) is 4.90. The lowest BCUT2D eigenvalue weighted by molar-refractivity contribution is -0.116. The molecule has 1 heterocycles. The third-order valence-corrected chi connectivity index (χ3v) is 4.90. The Labute approximate surface area is 130 Å². The lowest BCUT2D eigenvalue weighted by Gasteiger charge is -2.20. The van der Waals surface area contributed by atoms with Crippen LogP contribution in [0.2, 0.25) is 0 Å². The number of nitrogens with two attached hydrogens (primary N) is 1. The van der Waals surface area contributed by atoms with Gasteiger partial charge in [-0.05, 0) is 55.5 Å². The van der Waals surface area contributed by atoms with Gasteiger partial charge in [0.2, 0.25) is 5.91 Å². The van der Waals surface area contributed by atoms with Gasteiger partial charge in [0.1, 0.15) is 0 Å². The van der Waals surface area contributed by atoms with E-state index in [4.69, 9.17) is 5.73 Å². The first-order valence-electron chi connectivity index (χ1n) is 8.02. The monoisotopic (exact) mass is 301 g/mol. The van der Waals surface area contributed by atoms with Crippen LogP contribution in [0.3, 0.4) is 0 Å². The summed E-state index contributed by atoms with van der Waals surface area (Å²) in [6, 6.07) is 5.80. The molecular weight excluding hydrogens is 278 g/mol. The molecule has 1 saturated carbocycles. The van der Waals surface area contributed by atoms with Gasteiger partial charge in [-0.1, -0.05) is 6.42 Å². The van der Waals surface area contributed by atoms with Crippen molar-refractivity contribution in [3.63, 3.8) is 0 Å². The second kappa shape index (κ2) is 6.08. The lowest BCUT2D eigenvalue weighted by atomic mass is 10.0. The molecule has 22 heavy (non-hydrogen) atoms. The van der Waals surface area contributed by atoms with Gasteiger partial charge in [-0.25, -0.2) is 0 Å². The fourth-order valence-electron chi connectivity index (χ4n) is 3.63. The van der Waals surface area contributed by atoms with Crippen molar-refractivity contribution < 1.29 is 9.59 Å². The van der Waals surface area contributed by atoms with Gasteiger partial charge in [-0.2, -0.15) is 0 Å². The van der Waals surface area contributed by atoms with Crippen LogP contribution in [-0.4, -0.2) is 30.9 Å². The summed E-state index contributed by atoms with van der Waals surface area (Å²) in [4.78, 5) is 25.8. The minimum absolute atomic E-state index is 0.0329. The highest BCUT2D eigenvalue weighted by atomic mass is 16.2. The molecule has 2 atom stereocenters. The van der Waals surface area contributed by atoms with Crippen LogP contribution >= 0.6 is 0 Å². The van der Waals surface area contributed by atoms with Crippen LogP contribution in [0.15, 0.2) is 18.2 Å². The highest BCUT2D eigenvalue weighted by molar-refractivity contribution is 5.98. The van der Waals surface area contributed by atoms with E-state index in [9.17, 15) is 9.59 Å². The van der Waals surface area contributed by atoms with E-state index in [1.807, 2.05) is 18.2 Å². The van der Waals surface area contributed by atoms with E-state index >= 15 is 0 Å². The van der Waals surface area contributed by atoms with Crippen molar-refractivity contribution in [2.24, 2.45) is 11.7 Å². The quantitative estimate of drug-likeness (QED) is 0.887. The molecule has 1 fully saturated rings. The first-order valence-corrected chi connectivity index (χ1v) is 8.02. The standard InChI is InChI=1S/C17H23N3O2/c1-11(21)20-8-7-12-9-13(5-6-16(12)20)17(22)19-15-4-2-3-14(15)10-18/h5-6,9,14-15H,2-4,7-8,10,18H2,1H3,(H,19,22). The number of nitrogens with one attached hydrogen (secondary N) is 1. The Hall–Kier alpha value is -1.88. The first kappa shape index (κ1) is 15.0. The highest BCUT2D eigenvalue weighted by Crippen LogP contribution is 2.29. The van der Waals surface area contributed by atoms with Gasteiger partial charge in [0.25, 0.3) is 5.91 Å². The third kappa shape index (κ3) is 2.73. The van der Waals surface area contributed by atoms with E-state index < -0.39 is 0 Å². The second-order valence-electron chi connectivity index (χ2n) is 6.27. The molecular formula is C17H23N3O2. The van der Waals surface area contributed by atoms with E-state index in [0.29, 0.717) is 24.6 Å². The number of fused-ring (bicyclic) bond motifs is 1. The number of hydrogen-bond donors (Lipinski definition) is 2. The van der Waals surface area contributed by atoms with Gasteiger partial charge in [0.15, 0.2) is 0 Å². The van der Waals surface area contributed by atoms with Crippen molar-refractivity contribution in [1.29, 1.82) is 0 Å². The van der Waals surface area contributed by atoms with E-state index in [1.165, 1.54) is 0 Å². The molecule has 1 aliphatic heterocycles. The molecule has 0 radical (unpaired) electrons. The van der Waals surface area contributed by atoms with E-state index in [-0.39, 0.29) is 17.9 Å². The van der Waals surface area contributed by atoms with Crippen molar-refractivity contribution >= 4 is 17.5 Å². The number of nitrogens with zero attached hydrogens (tertiary/aromatic N) is 1. The molecule has 0 bridgehead atoms. The second-order valence-corrected chi connectivity index (χ2v) is 6.27. The Morgan fingerprint density at radius 3 is 2.91 bits per heavy atom. The lowest BCUT2D eigenvalue weighted by Crippen LogP contribution is -2.39. The number of hydrogen-bond acceptors (Lipinski definition) is 3. The predicted molar refractivity (Wildman–Crippen MR) is 85.8 cm³/mol. The zero-order valence-corrected chi connectivity index (χ0v) is 13.0. The normalized spacial score (nSPS) is 23.5. The maximum Gasteiger partial charge on any atom is 0.251 e. The Kier molecular flexibility index (Phi) is 4.16. The molecule has 3 N–H and O–H groups in total. The average molecular weight is 301 g/mol. The zero-order valence-electron chi connectivity index (χ0n) is 13.0. The maximum absolute atomic E-state index is 12.4. The van der Waals surface area contributed by atoms with Gasteiger partial charge in [0, 0.05) is 30.8 Å². The van der Waals surface area contributed by atoms with Crippen molar-refractivity contribution in [2.75, 3.05) is 18.0 Å². The molecule has 5 nitrogen and oxygen atoms in total. The van der Waals surface area contributed by atoms with E-state index in [0.717, 1.165) is 36.9 Å². The topological polar surface area (TPSA) is 75.4 Å². The smallest absolute Gasteiger partial charge is 0.251 e. The van der Waals surface area contributed by atoms with Crippen LogP contribution < -0.4 is 16.0 Å². The number of benzene rings is 1. The fourth-order valence-corrected chi connectivity index (χ4v) is 3.63. The van der Waals surface area contributed by atoms with Crippen molar-refractivity contribution in [1.82, 2.24) is 5.32 Å². The number of carbonyl (C=O) groups excluding carboxylic acids is 2. The van der Waals surface area contributed by atoms with E-state index in [1.54, 1.807) is 11.8 Å². The summed E-state index contributed by atoms with van der Waals surface area (Å²) in [5.74, 6) is 0.411. The summed E-state index contributed by atoms with van der Waals surface area (Å²) in [5, 5.41) is 3.12. The van der Waals surface area contributed by atoms with Gasteiger partial charge < -0.3 is 16.0 Å². The molecule has 0 saturated heterocycles. The number of amides is 2. The van der Waals surface area contributed by atoms with Crippen LogP contribution in [0.1, 0.15) is 42.1 Å². The van der Waals surface area contributed by atoms with Crippen LogP contribution in [0.4, 0.5) is 5.69 Å². The summed E-state index contributed by atoms with van der Waals surface area (Å²) in [7, 11) is 0. The van der Waals surface area contributed by atoms with Crippen LogP contribution in [-0.2, 0) is 11.2 Å². The van der Waals surface area contributed by atoms with Crippen molar-refractivity contribution in [2.45, 2.75) is 38.6 Å². The largest absolute Gasteiger partial charge is 0.349 e. The minimum atomic E-state index is -0.0329. The summed E-state index contributed by atoms with van der Waals surface area (Å²) in [5.41, 5.74) is 8.45. The van der Waals surface area contributed by atoms with Crippen molar-refractivity contribution in [3.05, 3.63) is 29.3 Å². The van der Waals surface area contributed by atoms with E-state index in [2.05, 4.69) is 5.32 Å². The van der Waals surface area contributed by atoms with Crippen LogP contribution in [0.5, 0.6) is 0 Å².